The molecule has 1 N–H and O–H groups in total. The van der Waals surface area contributed by atoms with Gasteiger partial charge < -0.3 is 4.74 Å². The van der Waals surface area contributed by atoms with Crippen LogP contribution in [-0.2, 0) is 14.3 Å². The number of imide groups is 1. The number of hydrogen-bond donors (Lipinski definition) is 1. The van der Waals surface area contributed by atoms with E-state index >= 15 is 0 Å². The predicted molar refractivity (Wildman–Crippen MR) is 76.9 cm³/mol. The number of benzene rings is 1. The zero-order valence-corrected chi connectivity index (χ0v) is 12.1. The zero-order valence-electron chi connectivity index (χ0n) is 10.6. The summed E-state index contributed by atoms with van der Waals surface area (Å²) in [5, 5.41) is 1.85. The standard InChI is InChI=1S/C13H10Cl2N2O4/c14-9-10(15)12(19)17(11(9)18)6-7-21-13(20)16-8-4-2-1-3-5-8/h1-5H,6-7H2,(H,16,20). The van der Waals surface area contributed by atoms with Crippen molar-refractivity contribution in [2.75, 3.05) is 18.5 Å². The van der Waals surface area contributed by atoms with Gasteiger partial charge >= 0.3 is 6.09 Å². The first-order valence-electron chi connectivity index (χ1n) is 5.91. The molecule has 0 radical (unpaired) electrons. The molecule has 0 saturated heterocycles. The van der Waals surface area contributed by atoms with Gasteiger partial charge in [0.15, 0.2) is 0 Å². The van der Waals surface area contributed by atoms with E-state index in [-0.39, 0.29) is 23.2 Å². The van der Waals surface area contributed by atoms with Gasteiger partial charge in [0.25, 0.3) is 11.8 Å². The minimum atomic E-state index is -0.696. The number of rotatable bonds is 4. The van der Waals surface area contributed by atoms with E-state index in [1.165, 1.54) is 0 Å². The molecule has 1 aliphatic heterocycles. The highest BCUT2D eigenvalue weighted by atomic mass is 35.5. The summed E-state index contributed by atoms with van der Waals surface area (Å²) >= 11 is 11.1. The zero-order chi connectivity index (χ0) is 15.4. The van der Waals surface area contributed by atoms with Gasteiger partial charge in [-0.3, -0.25) is 19.8 Å². The van der Waals surface area contributed by atoms with E-state index in [2.05, 4.69) is 5.32 Å². The van der Waals surface area contributed by atoms with Crippen molar-refractivity contribution in [1.29, 1.82) is 0 Å². The van der Waals surface area contributed by atoms with E-state index in [9.17, 15) is 14.4 Å². The molecule has 0 atom stereocenters. The summed E-state index contributed by atoms with van der Waals surface area (Å²) in [6.45, 7) is -0.281. The van der Waals surface area contributed by atoms with E-state index in [4.69, 9.17) is 27.9 Å². The van der Waals surface area contributed by atoms with E-state index in [1.807, 2.05) is 6.07 Å². The summed E-state index contributed by atoms with van der Waals surface area (Å²) < 4.78 is 4.87. The van der Waals surface area contributed by atoms with Gasteiger partial charge in [0, 0.05) is 5.69 Å². The second-order valence-corrected chi connectivity index (χ2v) is 4.77. The smallest absolute Gasteiger partial charge is 0.411 e. The molecule has 1 heterocycles. The van der Waals surface area contributed by atoms with Crippen LogP contribution in [0.1, 0.15) is 0 Å². The van der Waals surface area contributed by atoms with Crippen LogP contribution in [0.2, 0.25) is 0 Å². The summed E-state index contributed by atoms with van der Waals surface area (Å²) in [6.07, 6.45) is -0.689. The van der Waals surface area contributed by atoms with Crippen LogP contribution in [-0.4, -0.2) is 36.0 Å². The summed E-state index contributed by atoms with van der Waals surface area (Å²) in [7, 11) is 0. The molecular formula is C13H10Cl2N2O4. The second kappa shape index (κ2) is 6.60. The predicted octanol–water partition coefficient (Wildman–Crippen LogP) is 2.29. The molecule has 8 heteroatoms. The lowest BCUT2D eigenvalue weighted by Gasteiger charge is -2.14. The maximum absolute atomic E-state index is 11.6. The molecule has 0 fully saturated rings. The van der Waals surface area contributed by atoms with Crippen LogP contribution >= 0.6 is 23.2 Å². The van der Waals surface area contributed by atoms with E-state index in [0.29, 0.717) is 5.69 Å². The Balaban J connectivity index is 1.79. The van der Waals surface area contributed by atoms with Crippen LogP contribution < -0.4 is 5.32 Å². The monoisotopic (exact) mass is 328 g/mol. The summed E-state index contributed by atoms with van der Waals surface area (Å²) in [5.41, 5.74) is 0.573. The molecule has 0 aromatic heterocycles. The third-order valence-electron chi connectivity index (χ3n) is 2.63. The molecule has 0 spiro atoms. The highest BCUT2D eigenvalue weighted by molar-refractivity contribution is 6.58. The Labute approximate surface area is 130 Å². The van der Waals surface area contributed by atoms with Crippen LogP contribution in [0.5, 0.6) is 0 Å². The van der Waals surface area contributed by atoms with E-state index in [1.54, 1.807) is 24.3 Å². The number of carbonyl (C=O) groups excluding carboxylic acids is 3. The van der Waals surface area contributed by atoms with Crippen molar-refractivity contribution in [3.8, 4) is 0 Å². The highest BCUT2D eigenvalue weighted by Gasteiger charge is 2.36. The van der Waals surface area contributed by atoms with E-state index < -0.39 is 17.9 Å². The Hall–Kier alpha value is -2.05. The van der Waals surface area contributed by atoms with Gasteiger partial charge in [0.05, 0.1) is 6.54 Å². The second-order valence-electron chi connectivity index (χ2n) is 4.02. The fraction of sp³-hybridized carbons (Fsp3) is 0.154. The number of hydrogen-bond acceptors (Lipinski definition) is 4. The molecule has 0 saturated carbocycles. The van der Waals surface area contributed by atoms with Crippen LogP contribution in [0.3, 0.4) is 0 Å². The van der Waals surface area contributed by atoms with Gasteiger partial charge in [-0.15, -0.1) is 0 Å². The molecular weight excluding hydrogens is 319 g/mol. The van der Waals surface area contributed by atoms with Crippen molar-refractivity contribution in [2.45, 2.75) is 0 Å². The number of nitrogens with one attached hydrogen (secondary N) is 1. The maximum Gasteiger partial charge on any atom is 0.411 e. The van der Waals surface area contributed by atoms with Crippen LogP contribution in [0, 0.1) is 0 Å². The molecule has 21 heavy (non-hydrogen) atoms. The number of para-hydroxylation sites is 1. The molecule has 1 aromatic carbocycles. The number of nitrogens with zero attached hydrogens (tertiary/aromatic N) is 1. The first-order valence-corrected chi connectivity index (χ1v) is 6.66. The Morgan fingerprint density at radius 1 is 1.10 bits per heavy atom. The summed E-state index contributed by atoms with van der Waals surface area (Å²) in [6, 6.07) is 8.71. The Morgan fingerprint density at radius 2 is 1.67 bits per heavy atom. The lowest BCUT2D eigenvalue weighted by Crippen LogP contribution is -2.35. The van der Waals surface area contributed by atoms with Crippen molar-refractivity contribution in [2.24, 2.45) is 0 Å². The van der Waals surface area contributed by atoms with Crippen molar-refractivity contribution >= 4 is 46.8 Å². The number of carbonyl (C=O) groups is 3. The number of amides is 3. The Bertz CT molecular complexity index is 592. The van der Waals surface area contributed by atoms with Gasteiger partial charge in [0.1, 0.15) is 16.7 Å². The van der Waals surface area contributed by atoms with Crippen molar-refractivity contribution in [3.05, 3.63) is 40.4 Å². The fourth-order valence-corrected chi connectivity index (χ4v) is 1.99. The molecule has 3 amide bonds. The molecule has 6 nitrogen and oxygen atoms in total. The molecule has 0 bridgehead atoms. The summed E-state index contributed by atoms with van der Waals surface area (Å²) in [5.74, 6) is -1.39. The lowest BCUT2D eigenvalue weighted by molar-refractivity contribution is -0.137. The Morgan fingerprint density at radius 3 is 2.24 bits per heavy atom. The van der Waals surface area contributed by atoms with Gasteiger partial charge in [-0.2, -0.15) is 0 Å². The van der Waals surface area contributed by atoms with Gasteiger partial charge in [-0.05, 0) is 12.1 Å². The van der Waals surface area contributed by atoms with Crippen LogP contribution in [0.15, 0.2) is 40.4 Å². The fourth-order valence-electron chi connectivity index (χ4n) is 1.63. The summed E-state index contributed by atoms with van der Waals surface area (Å²) in [4.78, 5) is 35.4. The van der Waals surface area contributed by atoms with Crippen LogP contribution in [0.25, 0.3) is 0 Å². The van der Waals surface area contributed by atoms with Crippen molar-refractivity contribution in [3.63, 3.8) is 0 Å². The third kappa shape index (κ3) is 3.53. The number of ether oxygens (including phenoxy) is 1. The molecule has 1 aromatic rings. The SMILES string of the molecule is O=C(Nc1ccccc1)OCCN1C(=O)C(Cl)=C(Cl)C1=O. The van der Waals surface area contributed by atoms with Crippen LogP contribution in [0.4, 0.5) is 10.5 Å². The first-order chi connectivity index (χ1) is 10.0. The molecule has 110 valence electrons. The first kappa shape index (κ1) is 15.3. The normalized spacial score (nSPS) is 14.7. The maximum atomic E-state index is 11.6. The third-order valence-corrected chi connectivity index (χ3v) is 3.42. The average Bonchev–Trinajstić information content (AvgIpc) is 2.66. The molecule has 0 aliphatic carbocycles. The van der Waals surface area contributed by atoms with E-state index in [0.717, 1.165) is 4.90 Å². The average molecular weight is 329 g/mol. The number of anilines is 1. The largest absolute Gasteiger partial charge is 0.447 e. The van der Waals surface area contributed by atoms with Gasteiger partial charge in [0.2, 0.25) is 0 Å². The minimum Gasteiger partial charge on any atom is -0.447 e. The highest BCUT2D eigenvalue weighted by Crippen LogP contribution is 2.26. The van der Waals surface area contributed by atoms with Crippen molar-refractivity contribution < 1.29 is 19.1 Å². The minimum absolute atomic E-state index is 0.119. The topological polar surface area (TPSA) is 75.7 Å². The molecule has 1 aliphatic rings. The quantitative estimate of drug-likeness (QED) is 0.860. The van der Waals surface area contributed by atoms with Gasteiger partial charge in [-0.1, -0.05) is 41.4 Å². The molecule has 0 unspecified atom stereocenters. The lowest BCUT2D eigenvalue weighted by atomic mass is 10.3. The van der Waals surface area contributed by atoms with Gasteiger partial charge in [-0.25, -0.2) is 4.79 Å². The Kier molecular flexibility index (Phi) is 4.82. The number of halogens is 2. The van der Waals surface area contributed by atoms with Crippen molar-refractivity contribution in [1.82, 2.24) is 4.90 Å². The molecule has 2 rings (SSSR count).